The highest BCUT2D eigenvalue weighted by atomic mass is 16.5. The molecule has 2 fully saturated rings. The standard InChI is InChI=1S/C23H26N2O3/c26-21(17-28-19-9-5-2-6-10-19)25-13-11-23(12-14-25)15-20(23)22(27)24-16-18-7-3-1-4-8-18/h1-10,20H,11-17H2,(H,24,27). The molecule has 5 heteroatoms. The lowest BCUT2D eigenvalue weighted by molar-refractivity contribution is -0.135. The summed E-state index contributed by atoms with van der Waals surface area (Å²) in [6, 6.07) is 19.4. The number of hydrogen-bond acceptors (Lipinski definition) is 3. The first-order valence-corrected chi connectivity index (χ1v) is 9.94. The van der Waals surface area contributed by atoms with Crippen molar-refractivity contribution in [2.24, 2.45) is 11.3 Å². The van der Waals surface area contributed by atoms with Gasteiger partial charge in [-0.05, 0) is 42.4 Å². The zero-order valence-corrected chi connectivity index (χ0v) is 16.0. The Bertz CT molecular complexity index is 814. The highest BCUT2D eigenvalue weighted by Crippen LogP contribution is 2.59. The van der Waals surface area contributed by atoms with Crippen LogP contribution in [0.1, 0.15) is 24.8 Å². The highest BCUT2D eigenvalue weighted by Gasteiger charge is 2.58. The first kappa shape index (κ1) is 18.5. The molecule has 2 aromatic rings. The Kier molecular flexibility index (Phi) is 5.33. The SMILES string of the molecule is O=C(NCc1ccccc1)C1CC12CCN(C(=O)COc1ccccc1)CC2. The fraction of sp³-hybridized carbons (Fsp3) is 0.391. The van der Waals surface area contributed by atoms with E-state index in [2.05, 4.69) is 5.32 Å². The molecule has 0 aromatic heterocycles. The Hall–Kier alpha value is -2.82. The molecule has 1 aliphatic carbocycles. The smallest absolute Gasteiger partial charge is 0.260 e. The lowest BCUT2D eigenvalue weighted by Crippen LogP contribution is -2.42. The van der Waals surface area contributed by atoms with Crippen molar-refractivity contribution < 1.29 is 14.3 Å². The van der Waals surface area contributed by atoms with E-state index in [0.29, 0.717) is 25.4 Å². The minimum atomic E-state index is 0.0180. The van der Waals surface area contributed by atoms with Crippen molar-refractivity contribution in [2.75, 3.05) is 19.7 Å². The number of carbonyl (C=O) groups is 2. The van der Waals surface area contributed by atoms with Gasteiger partial charge >= 0.3 is 0 Å². The quantitative estimate of drug-likeness (QED) is 0.841. The van der Waals surface area contributed by atoms with Gasteiger partial charge < -0.3 is 15.0 Å². The summed E-state index contributed by atoms with van der Waals surface area (Å²) in [6.45, 7) is 2.06. The van der Waals surface area contributed by atoms with Crippen molar-refractivity contribution in [3.63, 3.8) is 0 Å². The van der Waals surface area contributed by atoms with Gasteiger partial charge in [-0.15, -0.1) is 0 Å². The molecule has 1 heterocycles. The van der Waals surface area contributed by atoms with Crippen molar-refractivity contribution in [3.05, 3.63) is 66.2 Å². The molecule has 1 aliphatic heterocycles. The number of benzene rings is 2. The summed E-state index contributed by atoms with van der Waals surface area (Å²) in [7, 11) is 0. The predicted octanol–water partition coefficient (Wildman–Crippen LogP) is 3.01. The van der Waals surface area contributed by atoms with Gasteiger partial charge in [0.2, 0.25) is 5.91 Å². The number of hydrogen-bond donors (Lipinski definition) is 1. The van der Waals surface area contributed by atoms with Crippen LogP contribution >= 0.6 is 0 Å². The number of likely N-dealkylation sites (tertiary alicyclic amines) is 1. The third-order valence-corrected chi connectivity index (χ3v) is 6.03. The highest BCUT2D eigenvalue weighted by molar-refractivity contribution is 5.83. The van der Waals surface area contributed by atoms with E-state index in [4.69, 9.17) is 4.74 Å². The van der Waals surface area contributed by atoms with Crippen molar-refractivity contribution in [1.29, 1.82) is 0 Å². The molecule has 2 aliphatic rings. The van der Waals surface area contributed by atoms with Crippen LogP contribution in [0.5, 0.6) is 5.75 Å². The Morgan fingerprint density at radius 2 is 1.64 bits per heavy atom. The largest absolute Gasteiger partial charge is 0.484 e. The van der Waals surface area contributed by atoms with Crippen LogP contribution in [-0.2, 0) is 16.1 Å². The van der Waals surface area contributed by atoms with Crippen LogP contribution in [0.4, 0.5) is 0 Å². The first-order chi connectivity index (χ1) is 13.7. The predicted molar refractivity (Wildman–Crippen MR) is 107 cm³/mol. The number of carbonyl (C=O) groups excluding carboxylic acids is 2. The lowest BCUT2D eigenvalue weighted by Gasteiger charge is -2.32. The third kappa shape index (κ3) is 4.19. The molecule has 5 nitrogen and oxygen atoms in total. The molecule has 2 amide bonds. The van der Waals surface area contributed by atoms with E-state index >= 15 is 0 Å². The molecule has 2 aromatic carbocycles. The second kappa shape index (κ2) is 8.05. The number of nitrogens with zero attached hydrogens (tertiary/aromatic N) is 1. The molecule has 28 heavy (non-hydrogen) atoms. The van der Waals surface area contributed by atoms with Crippen LogP contribution < -0.4 is 10.1 Å². The second-order valence-electron chi connectivity index (χ2n) is 7.80. The molecule has 1 saturated heterocycles. The lowest BCUT2D eigenvalue weighted by atomic mass is 9.90. The average molecular weight is 378 g/mol. The van der Waals surface area contributed by atoms with Gasteiger partial charge in [-0.1, -0.05) is 48.5 Å². The van der Waals surface area contributed by atoms with E-state index in [1.807, 2.05) is 65.6 Å². The van der Waals surface area contributed by atoms with Crippen LogP contribution in [0.3, 0.4) is 0 Å². The third-order valence-electron chi connectivity index (χ3n) is 6.03. The Labute approximate surface area is 165 Å². The molecule has 146 valence electrons. The van der Waals surface area contributed by atoms with Gasteiger partial charge in [0.15, 0.2) is 6.61 Å². The van der Waals surface area contributed by atoms with Crippen molar-refractivity contribution in [3.8, 4) is 5.75 Å². The molecule has 1 N–H and O–H groups in total. The maximum Gasteiger partial charge on any atom is 0.260 e. The number of ether oxygens (including phenoxy) is 1. The summed E-state index contributed by atoms with van der Waals surface area (Å²) in [5.74, 6) is 0.969. The normalized spacial score (nSPS) is 19.9. The molecular weight excluding hydrogens is 352 g/mol. The number of para-hydroxylation sites is 1. The fourth-order valence-electron chi connectivity index (χ4n) is 4.13. The van der Waals surface area contributed by atoms with Gasteiger partial charge in [-0.2, -0.15) is 0 Å². The second-order valence-corrected chi connectivity index (χ2v) is 7.80. The summed E-state index contributed by atoms with van der Waals surface area (Å²) < 4.78 is 5.57. The number of nitrogens with one attached hydrogen (secondary N) is 1. The van der Waals surface area contributed by atoms with Gasteiger partial charge in [-0.3, -0.25) is 9.59 Å². The number of amides is 2. The monoisotopic (exact) mass is 378 g/mol. The zero-order chi connectivity index (χ0) is 19.4. The summed E-state index contributed by atoms with van der Waals surface area (Å²) in [4.78, 5) is 26.8. The van der Waals surface area contributed by atoms with Crippen LogP contribution in [-0.4, -0.2) is 36.4 Å². The molecular formula is C23H26N2O3. The van der Waals surface area contributed by atoms with Gasteiger partial charge in [0.1, 0.15) is 5.75 Å². The maximum atomic E-state index is 12.5. The Morgan fingerprint density at radius 1 is 1.00 bits per heavy atom. The minimum absolute atomic E-state index is 0.0180. The van der Waals surface area contributed by atoms with E-state index in [1.165, 1.54) is 0 Å². The first-order valence-electron chi connectivity index (χ1n) is 9.94. The van der Waals surface area contributed by atoms with E-state index in [9.17, 15) is 9.59 Å². The maximum absolute atomic E-state index is 12.5. The van der Waals surface area contributed by atoms with Crippen molar-refractivity contribution in [1.82, 2.24) is 10.2 Å². The van der Waals surface area contributed by atoms with E-state index in [0.717, 1.165) is 24.8 Å². The van der Waals surface area contributed by atoms with Crippen LogP contribution in [0.2, 0.25) is 0 Å². The molecule has 4 rings (SSSR count). The Morgan fingerprint density at radius 3 is 2.32 bits per heavy atom. The zero-order valence-electron chi connectivity index (χ0n) is 16.0. The van der Waals surface area contributed by atoms with Crippen LogP contribution in [0.15, 0.2) is 60.7 Å². The van der Waals surface area contributed by atoms with E-state index < -0.39 is 0 Å². The number of piperidine rings is 1. The summed E-state index contributed by atoms with van der Waals surface area (Å²) in [5, 5.41) is 3.07. The van der Waals surface area contributed by atoms with Crippen LogP contribution in [0.25, 0.3) is 0 Å². The Balaban J connectivity index is 1.21. The van der Waals surface area contributed by atoms with Gasteiger partial charge in [0.05, 0.1) is 0 Å². The van der Waals surface area contributed by atoms with Crippen molar-refractivity contribution >= 4 is 11.8 Å². The van der Waals surface area contributed by atoms with Crippen LogP contribution in [0, 0.1) is 11.3 Å². The number of rotatable bonds is 6. The average Bonchev–Trinajstić information content (AvgIpc) is 3.45. The fourth-order valence-corrected chi connectivity index (χ4v) is 4.13. The molecule has 1 spiro atoms. The van der Waals surface area contributed by atoms with Crippen molar-refractivity contribution in [2.45, 2.75) is 25.8 Å². The topological polar surface area (TPSA) is 58.6 Å². The minimum Gasteiger partial charge on any atom is -0.484 e. The van der Waals surface area contributed by atoms with E-state index in [1.54, 1.807) is 0 Å². The molecule has 1 atom stereocenters. The van der Waals surface area contributed by atoms with Gasteiger partial charge in [-0.25, -0.2) is 0 Å². The molecule has 1 unspecified atom stereocenters. The molecule has 0 radical (unpaired) electrons. The summed E-state index contributed by atoms with van der Waals surface area (Å²) >= 11 is 0. The summed E-state index contributed by atoms with van der Waals surface area (Å²) in [6.07, 6.45) is 2.73. The van der Waals surface area contributed by atoms with E-state index in [-0.39, 0.29) is 29.8 Å². The van der Waals surface area contributed by atoms with Gasteiger partial charge in [0.25, 0.3) is 5.91 Å². The molecule has 0 bridgehead atoms. The molecule has 1 saturated carbocycles. The van der Waals surface area contributed by atoms with Gasteiger partial charge in [0, 0.05) is 25.6 Å². The summed E-state index contributed by atoms with van der Waals surface area (Å²) in [5.41, 5.74) is 1.21.